The van der Waals surface area contributed by atoms with Gasteiger partial charge in [-0.05, 0) is 43.7 Å². The minimum atomic E-state index is -0.976. The van der Waals surface area contributed by atoms with Crippen molar-refractivity contribution < 1.29 is 24.5 Å². The number of aliphatic hydroxyl groups is 2. The second-order valence-corrected chi connectivity index (χ2v) is 9.48. The van der Waals surface area contributed by atoms with Gasteiger partial charge in [-0.25, -0.2) is 0 Å². The Bertz CT molecular complexity index is 897. The second-order valence-electron chi connectivity index (χ2n) is 9.48. The van der Waals surface area contributed by atoms with Crippen LogP contribution in [0.2, 0.25) is 0 Å². The minimum Gasteiger partial charge on any atom is -0.486 e. The fourth-order valence-electron chi connectivity index (χ4n) is 4.74. The monoisotopic (exact) mass is 470 g/mol. The highest BCUT2D eigenvalue weighted by atomic mass is 16.5. The number of hydrogen-bond donors (Lipinski definition) is 3. The molecule has 1 aliphatic heterocycles. The third-order valence-corrected chi connectivity index (χ3v) is 6.55. The topological polar surface area (TPSA) is 99.1 Å². The van der Waals surface area contributed by atoms with Gasteiger partial charge in [-0.1, -0.05) is 38.1 Å². The van der Waals surface area contributed by atoms with Gasteiger partial charge in [-0.15, -0.1) is 6.58 Å². The van der Waals surface area contributed by atoms with E-state index < -0.39 is 24.2 Å². The summed E-state index contributed by atoms with van der Waals surface area (Å²) in [5.41, 5.74) is 1.31. The molecule has 3 rings (SSSR count). The van der Waals surface area contributed by atoms with Crippen molar-refractivity contribution in [3.8, 4) is 5.75 Å². The number of hydrogen-bond acceptors (Lipinski definition) is 5. The maximum Gasteiger partial charge on any atom is 0.247 e. The van der Waals surface area contributed by atoms with Crippen LogP contribution in [0, 0.1) is 5.92 Å². The van der Waals surface area contributed by atoms with E-state index in [1.165, 1.54) is 0 Å². The Morgan fingerprint density at radius 3 is 2.74 bits per heavy atom. The van der Waals surface area contributed by atoms with Gasteiger partial charge in [0.2, 0.25) is 11.8 Å². The van der Waals surface area contributed by atoms with Gasteiger partial charge < -0.3 is 25.2 Å². The van der Waals surface area contributed by atoms with Crippen LogP contribution in [0.1, 0.15) is 57.4 Å². The molecule has 186 valence electrons. The molecule has 1 aromatic carbocycles. The van der Waals surface area contributed by atoms with E-state index in [0.717, 1.165) is 31.2 Å². The lowest BCUT2D eigenvalue weighted by molar-refractivity contribution is -0.137. The lowest BCUT2D eigenvalue weighted by Crippen LogP contribution is -2.56. The minimum absolute atomic E-state index is 0.0333. The fourth-order valence-corrected chi connectivity index (χ4v) is 4.74. The molecule has 0 spiro atoms. The van der Waals surface area contributed by atoms with Crippen LogP contribution in [0.25, 0.3) is 0 Å². The zero-order valence-electron chi connectivity index (χ0n) is 20.3. The summed E-state index contributed by atoms with van der Waals surface area (Å²) in [6.07, 6.45) is 5.60. The van der Waals surface area contributed by atoms with E-state index in [1.54, 1.807) is 11.0 Å². The largest absolute Gasteiger partial charge is 0.486 e. The van der Waals surface area contributed by atoms with Crippen LogP contribution in [0.3, 0.4) is 0 Å². The average Bonchev–Trinajstić information content (AvgIpc) is 3.21. The molecular formula is C27H38N2O5. The number of nitrogens with one attached hydrogen (secondary N) is 1. The smallest absolute Gasteiger partial charge is 0.247 e. The molecule has 7 nitrogen and oxygen atoms in total. The molecule has 0 aromatic heterocycles. The van der Waals surface area contributed by atoms with Crippen LogP contribution in [-0.4, -0.2) is 64.9 Å². The molecule has 4 atom stereocenters. The first kappa shape index (κ1) is 26.0. The molecule has 1 aromatic rings. The zero-order valence-corrected chi connectivity index (χ0v) is 20.3. The van der Waals surface area contributed by atoms with Crippen LogP contribution in [-0.2, 0) is 9.59 Å². The Kier molecular flexibility index (Phi) is 9.30. The predicted octanol–water partition coefficient (Wildman–Crippen LogP) is 2.93. The summed E-state index contributed by atoms with van der Waals surface area (Å²) >= 11 is 0. The third-order valence-electron chi connectivity index (χ3n) is 6.55. The normalized spacial score (nSPS) is 22.9. The Labute approximate surface area is 202 Å². The number of para-hydroxylation sites is 1. The predicted molar refractivity (Wildman–Crippen MR) is 131 cm³/mol. The number of fused-ring (bicyclic) bond motifs is 3. The van der Waals surface area contributed by atoms with Crippen LogP contribution >= 0.6 is 0 Å². The quantitative estimate of drug-likeness (QED) is 0.322. The number of amides is 2. The Morgan fingerprint density at radius 1 is 1.26 bits per heavy atom. The molecule has 0 saturated heterocycles. The number of rotatable bonds is 12. The highest BCUT2D eigenvalue weighted by molar-refractivity contribution is 5.96. The summed E-state index contributed by atoms with van der Waals surface area (Å²) < 4.78 is 6.14. The third kappa shape index (κ3) is 5.88. The first-order chi connectivity index (χ1) is 16.4. The molecule has 2 aliphatic rings. The maximum atomic E-state index is 13.3. The maximum absolute atomic E-state index is 13.3. The van der Waals surface area contributed by atoms with Crippen molar-refractivity contribution in [2.24, 2.45) is 5.92 Å². The molecule has 1 heterocycles. The van der Waals surface area contributed by atoms with Crippen LogP contribution < -0.4 is 10.1 Å². The van der Waals surface area contributed by atoms with Crippen molar-refractivity contribution in [1.82, 2.24) is 10.2 Å². The van der Waals surface area contributed by atoms with Crippen molar-refractivity contribution >= 4 is 11.8 Å². The molecule has 7 heteroatoms. The Hall–Kier alpha value is -2.64. The molecule has 1 aliphatic carbocycles. The average molecular weight is 471 g/mol. The number of allylic oxidation sites excluding steroid dienone is 1. The van der Waals surface area contributed by atoms with Crippen molar-refractivity contribution in [1.29, 1.82) is 0 Å². The number of ether oxygens (including phenoxy) is 1. The summed E-state index contributed by atoms with van der Waals surface area (Å²) in [6, 6.07) is 6.81. The molecular weight excluding hydrogens is 432 g/mol. The molecule has 0 fully saturated rings. The van der Waals surface area contributed by atoms with Gasteiger partial charge in [0.25, 0.3) is 0 Å². The second kappa shape index (κ2) is 12.2. The number of unbranched alkanes of at least 4 members (excludes halogenated alkanes) is 2. The number of carbonyl (C=O) groups excluding carboxylic acids is 2. The van der Waals surface area contributed by atoms with Gasteiger partial charge in [-0.3, -0.25) is 9.59 Å². The summed E-state index contributed by atoms with van der Waals surface area (Å²) in [5.74, 6) is 0.240. The number of carbonyl (C=O) groups is 2. The Morgan fingerprint density at radius 2 is 2.03 bits per heavy atom. The highest BCUT2D eigenvalue weighted by Crippen LogP contribution is 2.47. The van der Waals surface area contributed by atoms with E-state index in [1.807, 2.05) is 30.3 Å². The van der Waals surface area contributed by atoms with Crippen molar-refractivity contribution in [3.05, 3.63) is 54.1 Å². The van der Waals surface area contributed by atoms with Gasteiger partial charge in [-0.2, -0.15) is 0 Å². The highest BCUT2D eigenvalue weighted by Gasteiger charge is 2.50. The summed E-state index contributed by atoms with van der Waals surface area (Å²) in [5, 5.41) is 23.4. The fraction of sp³-hybridized carbons (Fsp3) is 0.556. The molecule has 34 heavy (non-hydrogen) atoms. The molecule has 0 bridgehead atoms. The zero-order chi connectivity index (χ0) is 24.7. The van der Waals surface area contributed by atoms with E-state index >= 15 is 0 Å². The van der Waals surface area contributed by atoms with Crippen molar-refractivity contribution in [2.75, 3.05) is 19.7 Å². The summed E-state index contributed by atoms with van der Waals surface area (Å²) in [7, 11) is 0. The first-order valence-corrected chi connectivity index (χ1v) is 12.3. The summed E-state index contributed by atoms with van der Waals surface area (Å²) in [6.45, 7) is 8.38. The van der Waals surface area contributed by atoms with Gasteiger partial charge in [0.05, 0.1) is 18.6 Å². The van der Waals surface area contributed by atoms with Gasteiger partial charge >= 0.3 is 0 Å². The van der Waals surface area contributed by atoms with Crippen LogP contribution in [0.15, 0.2) is 48.6 Å². The molecule has 4 unspecified atom stereocenters. The molecule has 3 N–H and O–H groups in total. The van der Waals surface area contributed by atoms with E-state index in [4.69, 9.17) is 4.74 Å². The van der Waals surface area contributed by atoms with Gasteiger partial charge in [0, 0.05) is 30.6 Å². The number of nitrogens with zero attached hydrogens (tertiary/aromatic N) is 1. The molecule has 2 amide bonds. The summed E-state index contributed by atoms with van der Waals surface area (Å²) in [4.78, 5) is 28.2. The lowest BCUT2D eigenvalue weighted by Gasteiger charge is -2.41. The van der Waals surface area contributed by atoms with Crippen LogP contribution in [0.4, 0.5) is 0 Å². The Balaban J connectivity index is 1.94. The standard InChI is InChI=1S/C27H38N2O5/c1-4-5-6-7-12-23(31)29(15-13-18(2)3)21-17-20(27(33)28-14-16-30)24-19-10-8-9-11-22(19)34-26(24)25(21)32/h4,8-11,17-18,21,24-26,30,32H,1,5-7,12-16H2,2-3H3,(H,28,33). The van der Waals surface area contributed by atoms with E-state index in [9.17, 15) is 19.8 Å². The molecule has 0 radical (unpaired) electrons. The number of benzene rings is 1. The van der Waals surface area contributed by atoms with E-state index in [-0.39, 0.29) is 25.0 Å². The van der Waals surface area contributed by atoms with Gasteiger partial charge in [0.1, 0.15) is 18.0 Å². The van der Waals surface area contributed by atoms with E-state index in [0.29, 0.717) is 30.2 Å². The van der Waals surface area contributed by atoms with Crippen molar-refractivity contribution in [3.63, 3.8) is 0 Å². The lowest BCUT2D eigenvalue weighted by atomic mass is 9.77. The molecule has 0 saturated carbocycles. The van der Waals surface area contributed by atoms with Crippen molar-refractivity contribution in [2.45, 2.75) is 70.1 Å². The number of aliphatic hydroxyl groups excluding tert-OH is 2. The SMILES string of the molecule is C=CCCCCC(=O)N(CCC(C)C)C1C=C(C(=O)NCCO)C2c3ccccc3OC2C1O. The van der Waals surface area contributed by atoms with Gasteiger partial charge in [0.15, 0.2) is 0 Å². The first-order valence-electron chi connectivity index (χ1n) is 12.3. The van der Waals surface area contributed by atoms with E-state index in [2.05, 4.69) is 25.7 Å². The van der Waals surface area contributed by atoms with Crippen LogP contribution in [0.5, 0.6) is 5.75 Å².